The van der Waals surface area contributed by atoms with Crippen LogP contribution in [0, 0.1) is 5.92 Å². The van der Waals surface area contributed by atoms with Gasteiger partial charge < -0.3 is 0 Å². The van der Waals surface area contributed by atoms with Crippen LogP contribution in [0.5, 0.6) is 0 Å². The molecule has 0 bridgehead atoms. The number of hydrogen-bond acceptors (Lipinski definition) is 1. The van der Waals surface area contributed by atoms with Gasteiger partial charge in [0.25, 0.3) is 0 Å². The van der Waals surface area contributed by atoms with Gasteiger partial charge >= 0.3 is 0 Å². The van der Waals surface area contributed by atoms with Crippen molar-refractivity contribution < 1.29 is 0 Å². The Morgan fingerprint density at radius 2 is 2.14 bits per heavy atom. The van der Waals surface area contributed by atoms with Crippen molar-refractivity contribution in [3.8, 4) is 0 Å². The first kappa shape index (κ1) is 12.9. The van der Waals surface area contributed by atoms with E-state index in [1.54, 1.807) is 6.20 Å². The molecule has 0 radical (unpaired) electrons. The molecule has 0 amide bonds. The summed E-state index contributed by atoms with van der Waals surface area (Å²) >= 11 is 0. The Morgan fingerprint density at radius 3 is 2.71 bits per heavy atom. The van der Waals surface area contributed by atoms with Crippen LogP contribution in [-0.4, -0.2) is 6.21 Å². The topological polar surface area (TPSA) is 12.4 Å². The molecule has 0 aliphatic rings. The highest BCUT2D eigenvalue weighted by Gasteiger charge is 1.92. The Kier molecular flexibility index (Phi) is 7.81. The molecule has 0 aromatic heterocycles. The van der Waals surface area contributed by atoms with E-state index in [9.17, 15) is 0 Å². The Labute approximate surface area is 87.9 Å². The van der Waals surface area contributed by atoms with Crippen LogP contribution in [0.1, 0.15) is 33.6 Å². The standard InChI is InChI=1S/C13H21N/c1-5-7-12(3)9-10-14-11-13(4)8-6-2/h5,7,9-11,13H,3,6,8H2,1-2,4H3/b7-5-,10-9-,14-11-. The van der Waals surface area contributed by atoms with Crippen LogP contribution in [-0.2, 0) is 0 Å². The van der Waals surface area contributed by atoms with Crippen LogP contribution in [0.25, 0.3) is 0 Å². The molecule has 0 aliphatic heterocycles. The molecule has 1 nitrogen and oxygen atoms in total. The first-order valence-corrected chi connectivity index (χ1v) is 5.22. The molecule has 0 aliphatic carbocycles. The monoisotopic (exact) mass is 191 g/mol. The SMILES string of the molecule is C=C(/C=C\C)/C=C\N=C/C(C)CCC. The summed E-state index contributed by atoms with van der Waals surface area (Å²) in [5.41, 5.74) is 0.979. The summed E-state index contributed by atoms with van der Waals surface area (Å²) in [7, 11) is 0. The molecule has 0 saturated heterocycles. The van der Waals surface area contributed by atoms with Gasteiger partial charge in [0.1, 0.15) is 0 Å². The minimum absolute atomic E-state index is 0.569. The van der Waals surface area contributed by atoms with Gasteiger partial charge in [0, 0.05) is 12.4 Å². The van der Waals surface area contributed by atoms with Gasteiger partial charge in [-0.15, -0.1) is 0 Å². The van der Waals surface area contributed by atoms with E-state index >= 15 is 0 Å². The molecule has 0 saturated carbocycles. The second kappa shape index (κ2) is 8.49. The van der Waals surface area contributed by atoms with Gasteiger partial charge in [-0.1, -0.05) is 39.0 Å². The fourth-order valence-electron chi connectivity index (χ4n) is 1.13. The lowest BCUT2D eigenvalue weighted by Gasteiger charge is -1.99. The number of nitrogens with zero attached hydrogens (tertiary/aromatic N) is 1. The molecule has 0 aromatic carbocycles. The highest BCUT2D eigenvalue weighted by atomic mass is 14.7. The zero-order valence-corrected chi connectivity index (χ0v) is 9.53. The normalized spacial score (nSPS) is 14.5. The Hall–Kier alpha value is -1.11. The van der Waals surface area contributed by atoms with E-state index in [0.29, 0.717) is 5.92 Å². The van der Waals surface area contributed by atoms with E-state index in [0.717, 1.165) is 5.57 Å². The molecule has 0 N–H and O–H groups in total. The van der Waals surface area contributed by atoms with E-state index in [-0.39, 0.29) is 0 Å². The molecular formula is C13H21N. The highest BCUT2D eigenvalue weighted by molar-refractivity contribution is 5.61. The Bertz CT molecular complexity index is 234. The van der Waals surface area contributed by atoms with E-state index < -0.39 is 0 Å². The van der Waals surface area contributed by atoms with Gasteiger partial charge in [-0.2, -0.15) is 0 Å². The maximum Gasteiger partial charge on any atom is 0.0269 e. The van der Waals surface area contributed by atoms with Crippen molar-refractivity contribution >= 4 is 6.21 Å². The first-order valence-electron chi connectivity index (χ1n) is 5.22. The van der Waals surface area contributed by atoms with Crippen LogP contribution in [0.3, 0.4) is 0 Å². The smallest absolute Gasteiger partial charge is 0.0269 e. The van der Waals surface area contributed by atoms with Crippen molar-refractivity contribution in [2.45, 2.75) is 33.6 Å². The number of allylic oxidation sites excluding steroid dienone is 4. The molecule has 0 rings (SSSR count). The third-order valence-electron chi connectivity index (χ3n) is 1.84. The predicted octanol–water partition coefficient (Wildman–Crippen LogP) is 4.14. The van der Waals surface area contributed by atoms with Gasteiger partial charge in [-0.3, -0.25) is 4.99 Å². The maximum absolute atomic E-state index is 4.21. The summed E-state index contributed by atoms with van der Waals surface area (Å²) in [6.45, 7) is 10.2. The van der Waals surface area contributed by atoms with Gasteiger partial charge in [-0.25, -0.2) is 0 Å². The second-order valence-electron chi connectivity index (χ2n) is 3.45. The summed E-state index contributed by atoms with van der Waals surface area (Å²) < 4.78 is 0. The molecule has 0 spiro atoms. The Morgan fingerprint density at radius 1 is 1.43 bits per heavy atom. The van der Waals surface area contributed by atoms with Crippen LogP contribution < -0.4 is 0 Å². The maximum atomic E-state index is 4.21. The van der Waals surface area contributed by atoms with E-state index in [4.69, 9.17) is 0 Å². The van der Waals surface area contributed by atoms with E-state index in [1.165, 1.54) is 12.8 Å². The van der Waals surface area contributed by atoms with Gasteiger partial charge in [-0.05, 0) is 30.9 Å². The minimum Gasteiger partial charge on any atom is -0.269 e. The van der Waals surface area contributed by atoms with Crippen molar-refractivity contribution in [1.29, 1.82) is 0 Å². The molecule has 78 valence electrons. The zero-order valence-electron chi connectivity index (χ0n) is 9.53. The lowest BCUT2D eigenvalue weighted by atomic mass is 10.1. The highest BCUT2D eigenvalue weighted by Crippen LogP contribution is 2.01. The number of rotatable bonds is 6. The van der Waals surface area contributed by atoms with Crippen LogP contribution in [0.2, 0.25) is 0 Å². The zero-order chi connectivity index (χ0) is 10.8. The average Bonchev–Trinajstić information content (AvgIpc) is 2.13. The van der Waals surface area contributed by atoms with Crippen LogP contribution in [0.15, 0.2) is 41.6 Å². The summed E-state index contributed by atoms with van der Waals surface area (Å²) in [6, 6.07) is 0. The fraction of sp³-hybridized carbons (Fsp3) is 0.462. The predicted molar refractivity (Wildman–Crippen MR) is 65.7 cm³/mol. The summed E-state index contributed by atoms with van der Waals surface area (Å²) in [5.74, 6) is 0.569. The minimum atomic E-state index is 0.569. The largest absolute Gasteiger partial charge is 0.269 e. The second-order valence-corrected chi connectivity index (χ2v) is 3.45. The third-order valence-corrected chi connectivity index (χ3v) is 1.84. The molecule has 0 fully saturated rings. The number of hydrogen-bond donors (Lipinski definition) is 0. The van der Waals surface area contributed by atoms with Crippen LogP contribution >= 0.6 is 0 Å². The van der Waals surface area contributed by atoms with Crippen molar-refractivity contribution in [3.05, 3.63) is 36.6 Å². The van der Waals surface area contributed by atoms with Crippen molar-refractivity contribution in [1.82, 2.24) is 0 Å². The molecule has 0 aromatic rings. The molecular weight excluding hydrogens is 170 g/mol. The molecule has 0 heterocycles. The quantitative estimate of drug-likeness (QED) is 0.442. The molecule has 1 heteroatoms. The summed E-state index contributed by atoms with van der Waals surface area (Å²) in [6.07, 6.45) is 12.0. The fourth-order valence-corrected chi connectivity index (χ4v) is 1.13. The van der Waals surface area contributed by atoms with Crippen molar-refractivity contribution in [2.24, 2.45) is 10.9 Å². The number of aliphatic imine (C=N–C) groups is 1. The van der Waals surface area contributed by atoms with Crippen LogP contribution in [0.4, 0.5) is 0 Å². The first-order chi connectivity index (χ1) is 6.70. The lowest BCUT2D eigenvalue weighted by Crippen LogP contribution is -1.93. The van der Waals surface area contributed by atoms with Gasteiger partial charge in [0.15, 0.2) is 0 Å². The van der Waals surface area contributed by atoms with E-state index in [1.807, 2.05) is 31.4 Å². The van der Waals surface area contributed by atoms with Gasteiger partial charge in [0.2, 0.25) is 0 Å². The molecule has 14 heavy (non-hydrogen) atoms. The van der Waals surface area contributed by atoms with Crippen molar-refractivity contribution in [2.75, 3.05) is 0 Å². The molecule has 1 atom stereocenters. The van der Waals surface area contributed by atoms with E-state index in [2.05, 4.69) is 25.4 Å². The molecule has 1 unspecified atom stereocenters. The lowest BCUT2D eigenvalue weighted by molar-refractivity contribution is 0.677. The average molecular weight is 191 g/mol. The summed E-state index contributed by atoms with van der Waals surface area (Å²) in [4.78, 5) is 4.21. The summed E-state index contributed by atoms with van der Waals surface area (Å²) in [5, 5.41) is 0. The third kappa shape index (κ3) is 7.53. The Balaban J connectivity index is 3.85. The van der Waals surface area contributed by atoms with Gasteiger partial charge in [0.05, 0.1) is 0 Å². The van der Waals surface area contributed by atoms with Crippen molar-refractivity contribution in [3.63, 3.8) is 0 Å².